The summed E-state index contributed by atoms with van der Waals surface area (Å²) in [4.78, 5) is 0. The Morgan fingerprint density at radius 1 is 0.640 bits per heavy atom. The van der Waals surface area contributed by atoms with Gasteiger partial charge in [-0.3, -0.25) is 5.73 Å². The number of nitrogens with one attached hydrogen (secondary N) is 1. The van der Waals surface area contributed by atoms with Crippen molar-refractivity contribution in [2.24, 2.45) is 0 Å². The number of halogens is 2. The van der Waals surface area contributed by atoms with Gasteiger partial charge in [0.2, 0.25) is 0 Å². The molecule has 0 fully saturated rings. The van der Waals surface area contributed by atoms with Gasteiger partial charge in [0, 0.05) is 5.02 Å². The summed E-state index contributed by atoms with van der Waals surface area (Å²) in [5.74, 6) is 0. The van der Waals surface area contributed by atoms with Crippen molar-refractivity contribution in [3.05, 3.63) is 27.7 Å². The lowest BCUT2D eigenvalue weighted by Gasteiger charge is -2.07. The van der Waals surface area contributed by atoms with Gasteiger partial charge in [0.25, 0.3) is 0 Å². The van der Waals surface area contributed by atoms with E-state index < -0.39 is 0 Å². The molecule has 1 aromatic rings. The Hall–Kier alpha value is -0.400. The minimum Gasteiger partial charge on any atom is -0.299 e. The highest BCUT2D eigenvalue weighted by Crippen LogP contribution is 2.29. The Morgan fingerprint density at radius 3 is 1.56 bits per heavy atom. The van der Waals surface area contributed by atoms with Gasteiger partial charge in [-0.15, -0.1) is 0 Å². The summed E-state index contributed by atoms with van der Waals surface area (Å²) >= 11 is 12.1. The largest absolute Gasteiger partial charge is 0.299 e. The van der Waals surface area contributed by atoms with Gasteiger partial charge in [-0.25, -0.2) is 0 Å². The second-order valence-electron chi connectivity index (χ2n) is 7.27. The summed E-state index contributed by atoms with van der Waals surface area (Å²) in [6.07, 6.45) is 20.2. The minimum atomic E-state index is 0.381. The van der Waals surface area contributed by atoms with Crippen LogP contribution in [0.5, 0.6) is 0 Å². The lowest BCUT2D eigenvalue weighted by molar-refractivity contribution is 0.535. The molecule has 1 rings (SSSR count). The van der Waals surface area contributed by atoms with Crippen molar-refractivity contribution in [2.45, 2.75) is 103 Å². The lowest BCUT2D eigenvalue weighted by atomic mass is 10.0. The predicted molar refractivity (Wildman–Crippen MR) is 113 cm³/mol. The van der Waals surface area contributed by atoms with E-state index >= 15 is 0 Å². The first-order valence-electron chi connectivity index (χ1n) is 10.3. The van der Waals surface area contributed by atoms with Gasteiger partial charge in [0.15, 0.2) is 0 Å². The number of hydrogen-bond acceptors (Lipinski definition) is 0. The molecular formula is C22H36Cl2N. The maximum atomic E-state index is 7.75. The maximum absolute atomic E-state index is 7.75. The number of hydrogen-bond donors (Lipinski definition) is 0. The number of benzene rings is 1. The van der Waals surface area contributed by atoms with Crippen molar-refractivity contribution in [3.63, 3.8) is 0 Å². The average molecular weight is 385 g/mol. The molecule has 1 nitrogen and oxygen atoms in total. The second-order valence-corrected chi connectivity index (χ2v) is 8.08. The second kappa shape index (κ2) is 14.7. The van der Waals surface area contributed by atoms with Gasteiger partial charge in [-0.2, -0.15) is 0 Å². The zero-order valence-corrected chi connectivity index (χ0v) is 17.5. The molecule has 0 aliphatic carbocycles. The number of rotatable bonds is 15. The van der Waals surface area contributed by atoms with E-state index in [9.17, 15) is 0 Å². The van der Waals surface area contributed by atoms with Crippen molar-refractivity contribution >= 4 is 28.9 Å². The molecule has 1 aromatic carbocycles. The molecule has 0 aromatic heterocycles. The fourth-order valence-electron chi connectivity index (χ4n) is 3.30. The molecule has 0 spiro atoms. The van der Waals surface area contributed by atoms with Crippen molar-refractivity contribution < 1.29 is 0 Å². The van der Waals surface area contributed by atoms with Crippen LogP contribution >= 0.6 is 23.2 Å². The Kier molecular flexibility index (Phi) is 13.3. The maximum Gasteiger partial charge on any atom is 0.0729 e. The Bertz CT molecular complexity index is 460. The summed E-state index contributed by atoms with van der Waals surface area (Å²) in [5.41, 5.74) is 9.19. The normalized spacial score (nSPS) is 11.2. The first kappa shape index (κ1) is 22.6. The molecule has 0 aliphatic heterocycles. The smallest absolute Gasteiger partial charge is 0.0729 e. The highest BCUT2D eigenvalue weighted by atomic mass is 35.5. The molecule has 25 heavy (non-hydrogen) atoms. The summed E-state index contributed by atoms with van der Waals surface area (Å²) in [6.45, 7) is 2.28. The van der Waals surface area contributed by atoms with Crippen molar-refractivity contribution in [2.75, 3.05) is 0 Å². The summed E-state index contributed by atoms with van der Waals surface area (Å²) < 4.78 is 0. The third-order valence-corrected chi connectivity index (χ3v) is 5.60. The third-order valence-electron chi connectivity index (χ3n) is 4.94. The van der Waals surface area contributed by atoms with E-state index in [1.54, 1.807) is 6.07 Å². The van der Waals surface area contributed by atoms with E-state index in [0.29, 0.717) is 15.7 Å². The lowest BCUT2D eigenvalue weighted by Crippen LogP contribution is -1.89. The molecule has 143 valence electrons. The number of unbranched alkanes of at least 4 members (excludes halogenated alkanes) is 13. The molecule has 0 heterocycles. The quantitative estimate of drug-likeness (QED) is 0.269. The number of aryl methyl sites for hydroxylation is 1. The molecule has 0 unspecified atom stereocenters. The van der Waals surface area contributed by atoms with Gasteiger partial charge >= 0.3 is 0 Å². The summed E-state index contributed by atoms with van der Waals surface area (Å²) in [5, 5.41) is 1.14. The molecule has 0 amide bonds. The first-order chi connectivity index (χ1) is 12.1. The highest BCUT2D eigenvalue weighted by Gasteiger charge is 2.05. The van der Waals surface area contributed by atoms with E-state index in [4.69, 9.17) is 28.9 Å². The van der Waals surface area contributed by atoms with Crippen LogP contribution in [-0.2, 0) is 6.42 Å². The van der Waals surface area contributed by atoms with E-state index in [0.717, 1.165) is 18.4 Å². The zero-order valence-electron chi connectivity index (χ0n) is 16.0. The summed E-state index contributed by atoms with van der Waals surface area (Å²) in [7, 11) is 0. The highest BCUT2D eigenvalue weighted by molar-refractivity contribution is 6.36. The van der Waals surface area contributed by atoms with Crippen LogP contribution in [0.2, 0.25) is 10.0 Å². The van der Waals surface area contributed by atoms with Crippen LogP contribution in [0.1, 0.15) is 102 Å². The topological polar surface area (TPSA) is 23.8 Å². The van der Waals surface area contributed by atoms with Crippen LogP contribution in [0, 0.1) is 0 Å². The molecule has 0 aliphatic rings. The average Bonchev–Trinajstić information content (AvgIpc) is 2.59. The molecule has 3 heteroatoms. The van der Waals surface area contributed by atoms with Gasteiger partial charge < -0.3 is 0 Å². The van der Waals surface area contributed by atoms with Crippen molar-refractivity contribution in [3.8, 4) is 0 Å². The third kappa shape index (κ3) is 11.0. The summed E-state index contributed by atoms with van der Waals surface area (Å²) in [6, 6.07) is 3.51. The first-order valence-corrected chi connectivity index (χ1v) is 11.1. The Labute approximate surface area is 165 Å². The monoisotopic (exact) mass is 384 g/mol. The van der Waals surface area contributed by atoms with Crippen LogP contribution in [0.25, 0.3) is 0 Å². The SMILES string of the molecule is CCCCCCCCCCCCCCCCc1cc([NH])c(Cl)cc1Cl. The van der Waals surface area contributed by atoms with Crippen molar-refractivity contribution in [1.29, 1.82) is 0 Å². The molecule has 0 saturated heterocycles. The van der Waals surface area contributed by atoms with Crippen LogP contribution in [0.4, 0.5) is 5.69 Å². The van der Waals surface area contributed by atoms with Crippen LogP contribution in [0.3, 0.4) is 0 Å². The fourth-order valence-corrected chi connectivity index (χ4v) is 3.77. The molecule has 0 saturated carbocycles. The van der Waals surface area contributed by atoms with Crippen LogP contribution in [0.15, 0.2) is 12.1 Å². The Morgan fingerprint density at radius 2 is 1.08 bits per heavy atom. The standard InChI is InChI=1S/C22H36Cl2N/c1-2-3-4-5-6-7-8-9-10-11-12-13-14-15-16-19-17-22(25)21(24)18-20(19)23/h17-18,25H,2-16H2,1H3. The molecular weight excluding hydrogens is 349 g/mol. The molecule has 0 bridgehead atoms. The van der Waals surface area contributed by atoms with E-state index in [1.807, 2.05) is 6.07 Å². The fraction of sp³-hybridized carbons (Fsp3) is 0.727. The molecule has 1 radical (unpaired) electrons. The van der Waals surface area contributed by atoms with Gasteiger partial charge in [-0.05, 0) is 30.5 Å². The molecule has 1 N–H and O–H groups in total. The van der Waals surface area contributed by atoms with E-state index in [1.165, 1.54) is 83.5 Å². The van der Waals surface area contributed by atoms with Gasteiger partial charge in [-0.1, -0.05) is 114 Å². The van der Waals surface area contributed by atoms with Crippen LogP contribution < -0.4 is 5.73 Å². The minimum absolute atomic E-state index is 0.381. The molecule has 0 atom stereocenters. The van der Waals surface area contributed by atoms with E-state index in [-0.39, 0.29) is 0 Å². The Balaban J connectivity index is 1.90. The van der Waals surface area contributed by atoms with Crippen LogP contribution in [-0.4, -0.2) is 0 Å². The van der Waals surface area contributed by atoms with Gasteiger partial charge in [0.1, 0.15) is 0 Å². The predicted octanol–water partition coefficient (Wildman–Crippen LogP) is 8.93. The zero-order chi connectivity index (χ0) is 18.3. The van der Waals surface area contributed by atoms with Crippen molar-refractivity contribution in [1.82, 2.24) is 5.73 Å². The van der Waals surface area contributed by atoms with E-state index in [2.05, 4.69) is 6.92 Å². The van der Waals surface area contributed by atoms with Gasteiger partial charge in [0.05, 0.1) is 10.7 Å².